The third-order valence-corrected chi connectivity index (χ3v) is 2.75. The largest absolute Gasteiger partial charge is 0.204 e. The van der Waals surface area contributed by atoms with Crippen LogP contribution in [0.5, 0.6) is 0 Å². The maximum Gasteiger partial charge on any atom is 0.204 e. The van der Waals surface area contributed by atoms with Gasteiger partial charge >= 0.3 is 0 Å². The fraction of sp³-hybridized carbons (Fsp3) is 0. The van der Waals surface area contributed by atoms with Crippen molar-refractivity contribution >= 4 is 0 Å². The van der Waals surface area contributed by atoms with E-state index in [1.807, 2.05) is 60.7 Å². The zero-order valence-corrected chi connectivity index (χ0v) is 11.5. The van der Waals surface area contributed by atoms with E-state index in [-0.39, 0.29) is 0 Å². The van der Waals surface area contributed by atoms with Crippen molar-refractivity contribution in [1.29, 1.82) is 0 Å². The van der Waals surface area contributed by atoms with Gasteiger partial charge in [0.1, 0.15) is 0 Å². The Morgan fingerprint density at radius 2 is 0.955 bits per heavy atom. The number of rotatable bonds is 2. The Morgan fingerprint density at radius 3 is 1.27 bits per heavy atom. The highest BCUT2D eigenvalue weighted by Crippen LogP contribution is 2.11. The summed E-state index contributed by atoms with van der Waals surface area (Å²) in [6.45, 7) is 0. The van der Waals surface area contributed by atoms with Crippen molar-refractivity contribution in [2.75, 3.05) is 0 Å². The first-order chi connectivity index (χ1) is 10.9. The molecule has 0 aliphatic rings. The first-order valence-electron chi connectivity index (χ1n) is 6.51. The standard InChI is InChI=1S/2C7H6N4/c2*1-2-4-6(5-3-1)7-8-10-11-9-7/h2*1-5H,(H,8,9,10,11). The van der Waals surface area contributed by atoms with Gasteiger partial charge in [0.05, 0.1) is 0 Å². The van der Waals surface area contributed by atoms with Gasteiger partial charge in [0.25, 0.3) is 0 Å². The molecule has 2 N–H and O–H groups in total. The van der Waals surface area contributed by atoms with Crippen LogP contribution in [0.3, 0.4) is 0 Å². The Kier molecular flexibility index (Phi) is 4.22. The van der Waals surface area contributed by atoms with Crippen molar-refractivity contribution in [3.05, 3.63) is 60.7 Å². The molecule has 0 spiro atoms. The minimum Gasteiger partial charge on any atom is -0.177 e. The molecular formula is C14H12N8. The molecule has 0 amide bonds. The first kappa shape index (κ1) is 13.6. The SMILES string of the molecule is c1ccc(-c2nn[nH]n2)cc1.c1ccc(-c2nn[nH]n2)cc1. The Balaban J connectivity index is 0.000000131. The molecule has 4 rings (SSSR count). The zero-order valence-electron chi connectivity index (χ0n) is 11.5. The Bertz CT molecular complexity index is 697. The second-order valence-electron chi connectivity index (χ2n) is 4.20. The molecule has 108 valence electrons. The van der Waals surface area contributed by atoms with Gasteiger partial charge in [-0.2, -0.15) is 10.4 Å². The minimum atomic E-state index is 0.630. The highest BCUT2D eigenvalue weighted by Gasteiger charge is 1.99. The van der Waals surface area contributed by atoms with Crippen LogP contribution in [0, 0.1) is 0 Å². The number of nitrogens with one attached hydrogen (secondary N) is 2. The van der Waals surface area contributed by atoms with Gasteiger partial charge in [0, 0.05) is 11.1 Å². The smallest absolute Gasteiger partial charge is 0.177 e. The summed E-state index contributed by atoms with van der Waals surface area (Å²) < 4.78 is 0. The lowest BCUT2D eigenvalue weighted by molar-refractivity contribution is 0.881. The quantitative estimate of drug-likeness (QED) is 0.582. The number of aromatic amines is 2. The van der Waals surface area contributed by atoms with Crippen LogP contribution < -0.4 is 0 Å². The summed E-state index contributed by atoms with van der Waals surface area (Å²) in [6.07, 6.45) is 0. The molecule has 0 radical (unpaired) electrons. The van der Waals surface area contributed by atoms with E-state index in [9.17, 15) is 0 Å². The monoisotopic (exact) mass is 292 g/mol. The van der Waals surface area contributed by atoms with Crippen molar-refractivity contribution in [3.63, 3.8) is 0 Å². The third kappa shape index (κ3) is 3.37. The second kappa shape index (κ2) is 6.84. The average Bonchev–Trinajstić information content (AvgIpc) is 3.31. The van der Waals surface area contributed by atoms with E-state index in [4.69, 9.17) is 0 Å². The Morgan fingerprint density at radius 1 is 0.545 bits per heavy atom. The van der Waals surface area contributed by atoms with E-state index in [0.717, 1.165) is 11.1 Å². The van der Waals surface area contributed by atoms with E-state index in [1.54, 1.807) is 0 Å². The van der Waals surface area contributed by atoms with Gasteiger partial charge in [-0.1, -0.05) is 60.7 Å². The van der Waals surface area contributed by atoms with Gasteiger partial charge in [0.2, 0.25) is 11.6 Å². The first-order valence-corrected chi connectivity index (χ1v) is 6.51. The summed E-state index contributed by atoms with van der Waals surface area (Å²) in [6, 6.07) is 19.4. The summed E-state index contributed by atoms with van der Waals surface area (Å²) in [4.78, 5) is 0. The molecule has 0 aliphatic heterocycles. The number of tetrazole rings is 2. The molecule has 0 aliphatic carbocycles. The van der Waals surface area contributed by atoms with Gasteiger partial charge in [-0.25, -0.2) is 0 Å². The minimum absolute atomic E-state index is 0.630. The van der Waals surface area contributed by atoms with Crippen molar-refractivity contribution in [1.82, 2.24) is 41.2 Å². The summed E-state index contributed by atoms with van der Waals surface area (Å²) in [7, 11) is 0. The molecule has 8 heteroatoms. The predicted octanol–water partition coefficient (Wildman–Crippen LogP) is 1.73. The molecule has 0 bridgehead atoms. The van der Waals surface area contributed by atoms with Crippen LogP contribution in [0.25, 0.3) is 22.8 Å². The molecule has 0 unspecified atom stereocenters. The van der Waals surface area contributed by atoms with Gasteiger partial charge < -0.3 is 0 Å². The predicted molar refractivity (Wildman–Crippen MR) is 79.2 cm³/mol. The highest BCUT2D eigenvalue weighted by molar-refractivity contribution is 5.53. The molecule has 0 atom stereocenters. The normalized spacial score (nSPS) is 9.82. The van der Waals surface area contributed by atoms with Crippen LogP contribution in [0.15, 0.2) is 60.7 Å². The number of aromatic nitrogens is 8. The van der Waals surface area contributed by atoms with Gasteiger partial charge in [-0.15, -0.1) is 20.4 Å². The Labute approximate surface area is 125 Å². The molecule has 4 aromatic rings. The van der Waals surface area contributed by atoms with E-state index in [1.165, 1.54) is 0 Å². The summed E-state index contributed by atoms with van der Waals surface area (Å²) >= 11 is 0. The summed E-state index contributed by atoms with van der Waals surface area (Å²) in [5.74, 6) is 1.26. The maximum absolute atomic E-state index is 3.84. The summed E-state index contributed by atoms with van der Waals surface area (Å²) in [5.41, 5.74) is 1.95. The maximum atomic E-state index is 3.84. The molecule has 0 fully saturated rings. The number of benzene rings is 2. The topological polar surface area (TPSA) is 109 Å². The van der Waals surface area contributed by atoms with Crippen molar-refractivity contribution < 1.29 is 0 Å². The molecule has 8 nitrogen and oxygen atoms in total. The van der Waals surface area contributed by atoms with Crippen LogP contribution in [0.4, 0.5) is 0 Å². The van der Waals surface area contributed by atoms with E-state index >= 15 is 0 Å². The van der Waals surface area contributed by atoms with Crippen molar-refractivity contribution in [2.24, 2.45) is 0 Å². The van der Waals surface area contributed by atoms with Crippen molar-refractivity contribution in [2.45, 2.75) is 0 Å². The van der Waals surface area contributed by atoms with Crippen LogP contribution in [0.1, 0.15) is 0 Å². The summed E-state index contributed by atoms with van der Waals surface area (Å²) in [5, 5.41) is 27.1. The molecule has 0 saturated carbocycles. The molecule has 0 saturated heterocycles. The van der Waals surface area contributed by atoms with E-state index < -0.39 is 0 Å². The van der Waals surface area contributed by atoms with E-state index in [2.05, 4.69) is 41.2 Å². The number of H-pyrrole nitrogens is 2. The molecule has 22 heavy (non-hydrogen) atoms. The Hall–Kier alpha value is -3.42. The van der Waals surface area contributed by atoms with E-state index in [0.29, 0.717) is 11.6 Å². The zero-order chi connectivity index (χ0) is 15.0. The van der Waals surface area contributed by atoms with Gasteiger partial charge in [0.15, 0.2) is 0 Å². The molecule has 2 aromatic carbocycles. The van der Waals surface area contributed by atoms with Gasteiger partial charge in [-0.3, -0.25) is 0 Å². The van der Waals surface area contributed by atoms with Crippen LogP contribution in [0.2, 0.25) is 0 Å². The lowest BCUT2D eigenvalue weighted by Crippen LogP contribution is -1.78. The lowest BCUT2D eigenvalue weighted by Gasteiger charge is -1.89. The molecule has 2 aromatic heterocycles. The number of hydrogen-bond donors (Lipinski definition) is 2. The van der Waals surface area contributed by atoms with Crippen LogP contribution >= 0.6 is 0 Å². The van der Waals surface area contributed by atoms with Crippen molar-refractivity contribution in [3.8, 4) is 22.8 Å². The number of nitrogens with zero attached hydrogens (tertiary/aromatic N) is 6. The fourth-order valence-electron chi connectivity index (χ4n) is 1.74. The van der Waals surface area contributed by atoms with Crippen LogP contribution in [-0.4, -0.2) is 41.2 Å². The average molecular weight is 292 g/mol. The fourth-order valence-corrected chi connectivity index (χ4v) is 1.74. The van der Waals surface area contributed by atoms with Gasteiger partial charge in [-0.05, 0) is 10.4 Å². The molecule has 2 heterocycles. The second-order valence-corrected chi connectivity index (χ2v) is 4.20. The molecular weight excluding hydrogens is 280 g/mol. The highest BCUT2D eigenvalue weighted by atomic mass is 15.5. The van der Waals surface area contributed by atoms with Crippen LogP contribution in [-0.2, 0) is 0 Å². The lowest BCUT2D eigenvalue weighted by atomic mass is 10.2. The number of hydrogen-bond acceptors (Lipinski definition) is 6. The third-order valence-electron chi connectivity index (χ3n) is 2.75.